The highest BCUT2D eigenvalue weighted by atomic mass is 16.7. The molecule has 0 saturated carbocycles. The van der Waals surface area contributed by atoms with Crippen LogP contribution < -0.4 is 0 Å². The van der Waals surface area contributed by atoms with Crippen molar-refractivity contribution in [3.63, 3.8) is 0 Å². The van der Waals surface area contributed by atoms with E-state index in [1.807, 2.05) is 6.92 Å². The molecule has 0 saturated heterocycles. The van der Waals surface area contributed by atoms with E-state index in [0.29, 0.717) is 0 Å². The number of carbonyl (C=O) groups excluding carboxylic acids is 1. The van der Waals surface area contributed by atoms with Gasteiger partial charge in [0.05, 0.1) is 5.71 Å². The van der Waals surface area contributed by atoms with Crippen molar-refractivity contribution in [3.05, 3.63) is 11.6 Å². The number of carbonyl (C=O) groups is 1. The van der Waals surface area contributed by atoms with Gasteiger partial charge in [-0.1, -0.05) is 16.8 Å². The Hall–Kier alpha value is -1.12. The van der Waals surface area contributed by atoms with E-state index in [0.717, 1.165) is 18.6 Å². The molecule has 0 bridgehead atoms. The molecule has 0 radical (unpaired) electrons. The van der Waals surface area contributed by atoms with E-state index in [9.17, 15) is 4.79 Å². The van der Waals surface area contributed by atoms with Crippen molar-refractivity contribution in [2.75, 3.05) is 0 Å². The summed E-state index contributed by atoms with van der Waals surface area (Å²) >= 11 is 0. The van der Waals surface area contributed by atoms with Crippen molar-refractivity contribution in [1.29, 1.82) is 0 Å². The van der Waals surface area contributed by atoms with Gasteiger partial charge in [-0.15, -0.1) is 0 Å². The van der Waals surface area contributed by atoms with Crippen LogP contribution in [0.4, 0.5) is 0 Å². The molecule has 74 valence electrons. The highest BCUT2D eigenvalue weighted by Crippen LogP contribution is 1.99. The molecule has 0 aliphatic heterocycles. The molecule has 0 aliphatic rings. The van der Waals surface area contributed by atoms with Gasteiger partial charge in [0.15, 0.2) is 0 Å². The summed E-state index contributed by atoms with van der Waals surface area (Å²) in [5.74, 6) is -0.374. The second-order valence-electron chi connectivity index (χ2n) is 3.23. The number of rotatable bonds is 4. The molecule has 0 aromatic heterocycles. The molecule has 13 heavy (non-hydrogen) atoms. The highest BCUT2D eigenvalue weighted by molar-refractivity contribution is 5.82. The minimum atomic E-state index is -0.374. The fourth-order valence-electron chi connectivity index (χ4n) is 0.758. The maximum Gasteiger partial charge on any atom is 0.331 e. The molecular weight excluding hydrogens is 166 g/mol. The predicted octanol–water partition coefficient (Wildman–Crippen LogP) is 2.67. The number of hydrogen-bond acceptors (Lipinski definition) is 3. The van der Waals surface area contributed by atoms with Crippen molar-refractivity contribution in [1.82, 2.24) is 0 Å². The Kier molecular flexibility index (Phi) is 5.85. The number of oxime groups is 1. The van der Waals surface area contributed by atoms with Crippen LogP contribution in [0.2, 0.25) is 0 Å². The Morgan fingerprint density at radius 1 is 1.31 bits per heavy atom. The van der Waals surface area contributed by atoms with Crippen molar-refractivity contribution in [2.45, 2.75) is 40.5 Å². The van der Waals surface area contributed by atoms with Crippen LogP contribution in [0.25, 0.3) is 0 Å². The zero-order valence-electron chi connectivity index (χ0n) is 8.76. The van der Waals surface area contributed by atoms with Gasteiger partial charge >= 0.3 is 5.97 Å². The van der Waals surface area contributed by atoms with Crippen LogP contribution in [-0.2, 0) is 9.63 Å². The first-order valence-electron chi connectivity index (χ1n) is 4.36. The van der Waals surface area contributed by atoms with Gasteiger partial charge in [0.1, 0.15) is 0 Å². The highest BCUT2D eigenvalue weighted by Gasteiger charge is 1.93. The van der Waals surface area contributed by atoms with E-state index in [1.165, 1.54) is 12.5 Å². The smallest absolute Gasteiger partial charge is 0.319 e. The fraction of sp³-hybridized carbons (Fsp3) is 0.600. The van der Waals surface area contributed by atoms with Crippen LogP contribution in [-0.4, -0.2) is 11.7 Å². The Labute approximate surface area is 79.5 Å². The first-order valence-corrected chi connectivity index (χ1v) is 4.36. The molecule has 0 aromatic carbocycles. The van der Waals surface area contributed by atoms with Crippen molar-refractivity contribution < 1.29 is 9.63 Å². The minimum absolute atomic E-state index is 0.374. The van der Waals surface area contributed by atoms with Crippen LogP contribution in [0.1, 0.15) is 40.5 Å². The molecule has 0 atom stereocenters. The maximum atomic E-state index is 10.4. The Balaban J connectivity index is 3.73. The van der Waals surface area contributed by atoms with E-state index in [1.54, 1.807) is 0 Å². The van der Waals surface area contributed by atoms with Crippen LogP contribution in [0.15, 0.2) is 16.8 Å². The van der Waals surface area contributed by atoms with Crippen molar-refractivity contribution in [3.8, 4) is 0 Å². The third-order valence-electron chi connectivity index (χ3n) is 1.39. The standard InChI is InChI=1S/C10H17NO2/c1-8(2)6-5-7-9(3)11-13-10(4)12/h6H,5,7H2,1-4H3/b11-9+. The van der Waals surface area contributed by atoms with E-state index >= 15 is 0 Å². The summed E-state index contributed by atoms with van der Waals surface area (Å²) in [4.78, 5) is 14.9. The molecule has 0 heterocycles. The van der Waals surface area contributed by atoms with E-state index in [2.05, 4.69) is 29.9 Å². The average molecular weight is 183 g/mol. The summed E-state index contributed by atoms with van der Waals surface area (Å²) in [5.41, 5.74) is 2.13. The third kappa shape index (κ3) is 8.79. The normalized spacial score (nSPS) is 10.9. The van der Waals surface area contributed by atoms with Gasteiger partial charge in [0, 0.05) is 6.92 Å². The SMILES string of the molecule is CC(=O)O/N=C(\C)CCC=C(C)C. The van der Waals surface area contributed by atoms with Crippen LogP contribution >= 0.6 is 0 Å². The van der Waals surface area contributed by atoms with Gasteiger partial charge in [0.2, 0.25) is 0 Å². The first-order chi connectivity index (χ1) is 6.02. The lowest BCUT2D eigenvalue weighted by atomic mass is 10.2. The van der Waals surface area contributed by atoms with Crippen LogP contribution in [0.3, 0.4) is 0 Å². The topological polar surface area (TPSA) is 38.7 Å². The third-order valence-corrected chi connectivity index (χ3v) is 1.39. The van der Waals surface area contributed by atoms with Gasteiger partial charge in [-0.25, -0.2) is 4.79 Å². The number of hydrogen-bond donors (Lipinski definition) is 0. The summed E-state index contributed by atoms with van der Waals surface area (Å²) in [5, 5.41) is 3.66. The molecule has 0 N–H and O–H groups in total. The second kappa shape index (κ2) is 6.40. The zero-order valence-corrected chi connectivity index (χ0v) is 8.76. The molecule has 0 fully saturated rings. The molecule has 0 aliphatic carbocycles. The molecule has 0 spiro atoms. The Bertz CT molecular complexity index is 225. The summed E-state index contributed by atoms with van der Waals surface area (Å²) in [6, 6.07) is 0. The lowest BCUT2D eigenvalue weighted by Gasteiger charge is -1.96. The van der Waals surface area contributed by atoms with Gasteiger partial charge < -0.3 is 4.84 Å². The molecule has 0 unspecified atom stereocenters. The lowest BCUT2D eigenvalue weighted by Crippen LogP contribution is -1.97. The van der Waals surface area contributed by atoms with Crippen molar-refractivity contribution >= 4 is 11.7 Å². The van der Waals surface area contributed by atoms with Gasteiger partial charge in [-0.2, -0.15) is 0 Å². The summed E-state index contributed by atoms with van der Waals surface area (Å²) in [6.07, 6.45) is 3.91. The molecular formula is C10H17NO2. The number of allylic oxidation sites excluding steroid dienone is 2. The Morgan fingerprint density at radius 3 is 2.38 bits per heavy atom. The fourth-order valence-corrected chi connectivity index (χ4v) is 0.758. The van der Waals surface area contributed by atoms with Gasteiger partial charge in [-0.05, 0) is 33.6 Å². The lowest BCUT2D eigenvalue weighted by molar-refractivity contribution is -0.140. The van der Waals surface area contributed by atoms with E-state index in [4.69, 9.17) is 0 Å². The minimum Gasteiger partial charge on any atom is -0.319 e. The van der Waals surface area contributed by atoms with Crippen LogP contribution in [0, 0.1) is 0 Å². The van der Waals surface area contributed by atoms with Crippen molar-refractivity contribution in [2.24, 2.45) is 5.16 Å². The predicted molar refractivity (Wildman–Crippen MR) is 53.5 cm³/mol. The van der Waals surface area contributed by atoms with Crippen LogP contribution in [0.5, 0.6) is 0 Å². The molecule has 0 aromatic rings. The van der Waals surface area contributed by atoms with E-state index < -0.39 is 0 Å². The monoisotopic (exact) mass is 183 g/mol. The Morgan fingerprint density at radius 2 is 1.92 bits per heavy atom. The number of nitrogens with zero attached hydrogens (tertiary/aromatic N) is 1. The maximum absolute atomic E-state index is 10.4. The molecule has 3 heteroatoms. The summed E-state index contributed by atoms with van der Waals surface area (Å²) in [6.45, 7) is 7.30. The first kappa shape index (κ1) is 11.9. The zero-order chi connectivity index (χ0) is 10.3. The largest absolute Gasteiger partial charge is 0.331 e. The summed E-state index contributed by atoms with van der Waals surface area (Å²) < 4.78 is 0. The second-order valence-corrected chi connectivity index (χ2v) is 3.23. The summed E-state index contributed by atoms with van der Waals surface area (Å²) in [7, 11) is 0. The van der Waals surface area contributed by atoms with Gasteiger partial charge in [0.25, 0.3) is 0 Å². The average Bonchev–Trinajstić information content (AvgIpc) is 2.00. The van der Waals surface area contributed by atoms with Gasteiger partial charge in [-0.3, -0.25) is 0 Å². The quantitative estimate of drug-likeness (QED) is 0.291. The molecule has 0 rings (SSSR count). The molecule has 3 nitrogen and oxygen atoms in total. The molecule has 0 amide bonds. The van der Waals surface area contributed by atoms with E-state index in [-0.39, 0.29) is 5.97 Å².